The fraction of sp³-hybridized carbons (Fsp3) is 0.389. The molecule has 4 nitrogen and oxygen atoms in total. The number of anilines is 1. The van der Waals surface area contributed by atoms with Crippen LogP contribution in [0.4, 0.5) is 5.69 Å². The summed E-state index contributed by atoms with van der Waals surface area (Å²) < 4.78 is 5.53. The van der Waals surface area contributed by atoms with Gasteiger partial charge in [0, 0.05) is 10.7 Å². The van der Waals surface area contributed by atoms with Gasteiger partial charge in [-0.2, -0.15) is 0 Å². The van der Waals surface area contributed by atoms with Crippen molar-refractivity contribution in [2.45, 2.75) is 19.0 Å². The molecule has 3 N–H and O–H groups in total. The average Bonchev–Trinajstić information content (AvgIpc) is 3.10. The highest BCUT2D eigenvalue weighted by molar-refractivity contribution is 7.80. The van der Waals surface area contributed by atoms with Gasteiger partial charge < -0.3 is 20.3 Å². The molecule has 0 spiro atoms. The van der Waals surface area contributed by atoms with Crippen LogP contribution in [0.25, 0.3) is 0 Å². The Morgan fingerprint density at radius 2 is 2.08 bits per heavy atom. The minimum absolute atomic E-state index is 0.200. The lowest BCUT2D eigenvalue weighted by atomic mass is 10.1. The van der Waals surface area contributed by atoms with E-state index in [1.807, 2.05) is 24.3 Å². The molecule has 134 valence electrons. The second kappa shape index (κ2) is 8.96. The molecule has 7 heteroatoms. The number of morpholine rings is 1. The van der Waals surface area contributed by atoms with Gasteiger partial charge in [0.25, 0.3) is 0 Å². The van der Waals surface area contributed by atoms with Gasteiger partial charge in [-0.3, -0.25) is 0 Å². The Morgan fingerprint density at radius 3 is 2.76 bits per heavy atom. The summed E-state index contributed by atoms with van der Waals surface area (Å²) in [4.78, 5) is 2.92. The number of hydrogen-bond donors (Lipinski definition) is 3. The van der Waals surface area contributed by atoms with E-state index in [0.29, 0.717) is 16.2 Å². The molecule has 1 aliphatic heterocycles. The Hall–Kier alpha value is -1.18. The standard InChI is InChI=1S/C18H22ClN3OS2/c1-13(20-18(24)21-15-5-2-4-14(19)12-15)17(16-6-3-11-25-16)22-7-9-23-10-8-22/h2-6,11-13,17H,7-10H2,1H3,(H2,20,21,24)/p+1/t13-,17+/m0/s1. The SMILES string of the molecule is C[C@H](NC(=S)Nc1cccc(Cl)c1)[C@H](c1cccs1)[NH+]1CCOCC1. The van der Waals surface area contributed by atoms with Crippen molar-refractivity contribution in [2.75, 3.05) is 31.6 Å². The van der Waals surface area contributed by atoms with Gasteiger partial charge in [-0.1, -0.05) is 23.7 Å². The number of quaternary nitrogens is 1. The van der Waals surface area contributed by atoms with Crippen LogP contribution in [0.5, 0.6) is 0 Å². The van der Waals surface area contributed by atoms with Crippen molar-refractivity contribution in [2.24, 2.45) is 0 Å². The molecule has 3 rings (SSSR count). The third-order valence-electron chi connectivity index (χ3n) is 4.37. The number of halogens is 1. The van der Waals surface area contributed by atoms with Gasteiger partial charge in [0.2, 0.25) is 0 Å². The highest BCUT2D eigenvalue weighted by Gasteiger charge is 2.32. The number of ether oxygens (including phenoxy) is 1. The maximum absolute atomic E-state index is 6.04. The van der Waals surface area contributed by atoms with Crippen molar-refractivity contribution < 1.29 is 9.64 Å². The van der Waals surface area contributed by atoms with Gasteiger partial charge in [-0.25, -0.2) is 0 Å². The van der Waals surface area contributed by atoms with E-state index in [9.17, 15) is 0 Å². The molecule has 1 fully saturated rings. The smallest absolute Gasteiger partial charge is 0.171 e. The Kier molecular flexibility index (Phi) is 6.67. The first kappa shape index (κ1) is 18.6. The second-order valence-corrected chi connectivity index (χ2v) is 7.99. The van der Waals surface area contributed by atoms with Crippen molar-refractivity contribution >= 4 is 46.0 Å². The predicted octanol–water partition coefficient (Wildman–Crippen LogP) is 2.73. The number of hydrogen-bond acceptors (Lipinski definition) is 3. The van der Waals surface area contributed by atoms with E-state index in [4.69, 9.17) is 28.6 Å². The second-order valence-electron chi connectivity index (χ2n) is 6.16. The molecular weight excluding hydrogens is 374 g/mol. The highest BCUT2D eigenvalue weighted by Crippen LogP contribution is 2.20. The molecule has 0 bridgehead atoms. The van der Waals surface area contributed by atoms with E-state index < -0.39 is 0 Å². The minimum Gasteiger partial charge on any atom is -0.370 e. The Labute approximate surface area is 163 Å². The molecule has 2 heterocycles. The van der Waals surface area contributed by atoms with Crippen LogP contribution in [-0.4, -0.2) is 37.5 Å². The third kappa shape index (κ3) is 5.15. The zero-order valence-corrected chi connectivity index (χ0v) is 16.5. The largest absolute Gasteiger partial charge is 0.370 e. The lowest BCUT2D eigenvalue weighted by Gasteiger charge is -2.35. The molecule has 1 aromatic carbocycles. The topological polar surface area (TPSA) is 37.7 Å². The Morgan fingerprint density at radius 1 is 1.28 bits per heavy atom. The first-order valence-electron chi connectivity index (χ1n) is 8.42. The Bertz CT molecular complexity index is 689. The molecule has 25 heavy (non-hydrogen) atoms. The molecule has 0 aliphatic carbocycles. The summed E-state index contributed by atoms with van der Waals surface area (Å²) in [7, 11) is 0. The summed E-state index contributed by atoms with van der Waals surface area (Å²) >= 11 is 13.3. The number of benzene rings is 1. The zero-order valence-electron chi connectivity index (χ0n) is 14.1. The first-order valence-corrected chi connectivity index (χ1v) is 10.1. The van der Waals surface area contributed by atoms with E-state index in [2.05, 4.69) is 35.1 Å². The van der Waals surface area contributed by atoms with E-state index in [-0.39, 0.29) is 6.04 Å². The van der Waals surface area contributed by atoms with Crippen LogP contribution in [0.1, 0.15) is 17.8 Å². The molecule has 1 aliphatic rings. The zero-order chi connectivity index (χ0) is 17.6. The van der Waals surface area contributed by atoms with Crippen LogP contribution in [0.2, 0.25) is 5.02 Å². The van der Waals surface area contributed by atoms with Gasteiger partial charge in [0.05, 0.1) is 24.1 Å². The number of rotatable bonds is 5. The van der Waals surface area contributed by atoms with Crippen LogP contribution < -0.4 is 15.5 Å². The summed E-state index contributed by atoms with van der Waals surface area (Å²) in [5, 5.41) is 10.1. The Balaban J connectivity index is 1.67. The van der Waals surface area contributed by atoms with Crippen LogP contribution in [0, 0.1) is 0 Å². The fourth-order valence-corrected chi connectivity index (χ4v) is 4.72. The molecule has 0 amide bonds. The maximum atomic E-state index is 6.04. The molecule has 0 saturated carbocycles. The number of nitrogens with one attached hydrogen (secondary N) is 3. The van der Waals surface area contributed by atoms with Gasteiger partial charge >= 0.3 is 0 Å². The van der Waals surface area contributed by atoms with E-state index in [1.54, 1.807) is 16.2 Å². The third-order valence-corrected chi connectivity index (χ3v) is 5.78. The molecule has 0 unspecified atom stereocenters. The normalized spacial score (nSPS) is 17.7. The molecule has 2 atom stereocenters. The van der Waals surface area contributed by atoms with Gasteiger partial charge in [-0.15, -0.1) is 11.3 Å². The maximum Gasteiger partial charge on any atom is 0.171 e. The van der Waals surface area contributed by atoms with E-state index in [1.165, 1.54) is 4.88 Å². The van der Waals surface area contributed by atoms with Crippen LogP contribution in [0.3, 0.4) is 0 Å². The van der Waals surface area contributed by atoms with Crippen LogP contribution in [0.15, 0.2) is 41.8 Å². The van der Waals surface area contributed by atoms with Gasteiger partial charge in [0.1, 0.15) is 19.1 Å². The average molecular weight is 397 g/mol. The number of thiophene rings is 1. The van der Waals surface area contributed by atoms with E-state index in [0.717, 1.165) is 32.0 Å². The van der Waals surface area contributed by atoms with Crippen LogP contribution in [-0.2, 0) is 4.74 Å². The quantitative estimate of drug-likeness (QED) is 0.679. The van der Waals surface area contributed by atoms with Crippen molar-refractivity contribution in [3.05, 3.63) is 51.7 Å². The first-order chi connectivity index (χ1) is 12.1. The van der Waals surface area contributed by atoms with Crippen molar-refractivity contribution in [1.82, 2.24) is 5.32 Å². The molecular formula is C18H23ClN3OS2+. The molecule has 1 aromatic heterocycles. The summed E-state index contributed by atoms with van der Waals surface area (Å²) in [6.07, 6.45) is 0. The fourth-order valence-electron chi connectivity index (χ4n) is 3.24. The summed E-state index contributed by atoms with van der Waals surface area (Å²) in [5.41, 5.74) is 0.892. The minimum atomic E-state index is 0.200. The van der Waals surface area contributed by atoms with Crippen LogP contribution >= 0.6 is 35.2 Å². The van der Waals surface area contributed by atoms with Gasteiger partial charge in [-0.05, 0) is 48.8 Å². The molecule has 1 saturated heterocycles. The van der Waals surface area contributed by atoms with Crippen molar-refractivity contribution in [1.29, 1.82) is 0 Å². The lowest BCUT2D eigenvalue weighted by Crippen LogP contribution is -3.15. The monoisotopic (exact) mass is 396 g/mol. The van der Waals surface area contributed by atoms with Gasteiger partial charge in [0.15, 0.2) is 5.11 Å². The predicted molar refractivity (Wildman–Crippen MR) is 109 cm³/mol. The lowest BCUT2D eigenvalue weighted by molar-refractivity contribution is -0.939. The summed E-state index contributed by atoms with van der Waals surface area (Å²) in [5.74, 6) is 0. The summed E-state index contributed by atoms with van der Waals surface area (Å²) in [6.45, 7) is 5.86. The molecule has 0 radical (unpaired) electrons. The van der Waals surface area contributed by atoms with Crippen molar-refractivity contribution in [3.63, 3.8) is 0 Å². The van der Waals surface area contributed by atoms with Crippen molar-refractivity contribution in [3.8, 4) is 0 Å². The number of thiocarbonyl (C=S) groups is 1. The van der Waals surface area contributed by atoms with E-state index >= 15 is 0 Å². The molecule has 2 aromatic rings. The highest BCUT2D eigenvalue weighted by atomic mass is 35.5. The summed E-state index contributed by atoms with van der Waals surface area (Å²) in [6, 6.07) is 12.4.